The largest absolute Gasteiger partial charge is 0.463 e. The lowest BCUT2D eigenvalue weighted by atomic mass is 9.89. The van der Waals surface area contributed by atoms with Gasteiger partial charge in [-0.15, -0.1) is 0 Å². The molecular formula is C12H22O3. The average molecular weight is 214 g/mol. The summed E-state index contributed by atoms with van der Waals surface area (Å²) < 4.78 is 10.5. The van der Waals surface area contributed by atoms with Gasteiger partial charge >= 0.3 is 5.97 Å². The molecular weight excluding hydrogens is 192 g/mol. The molecule has 0 heterocycles. The van der Waals surface area contributed by atoms with Crippen LogP contribution in [0.3, 0.4) is 0 Å². The highest BCUT2D eigenvalue weighted by Gasteiger charge is 2.22. The monoisotopic (exact) mass is 214 g/mol. The second-order valence-corrected chi connectivity index (χ2v) is 4.42. The summed E-state index contributed by atoms with van der Waals surface area (Å²) in [5.74, 6) is 0.125. The summed E-state index contributed by atoms with van der Waals surface area (Å²) in [5, 5.41) is 0. The number of ether oxygens (including phenoxy) is 2. The molecule has 3 heteroatoms. The van der Waals surface area contributed by atoms with E-state index in [1.807, 2.05) is 13.8 Å². The molecule has 0 unspecified atom stereocenters. The molecule has 0 aliphatic heterocycles. The molecule has 0 atom stereocenters. The lowest BCUT2D eigenvalue weighted by molar-refractivity contribution is -0.151. The first-order valence-corrected chi connectivity index (χ1v) is 5.98. The van der Waals surface area contributed by atoms with E-state index in [0.29, 0.717) is 13.2 Å². The van der Waals surface area contributed by atoms with Crippen LogP contribution < -0.4 is 0 Å². The van der Waals surface area contributed by atoms with Gasteiger partial charge in [0.05, 0.1) is 18.6 Å². The van der Waals surface area contributed by atoms with Crippen LogP contribution in [0.1, 0.15) is 46.0 Å². The van der Waals surface area contributed by atoms with E-state index in [4.69, 9.17) is 9.47 Å². The minimum absolute atomic E-state index is 0.0259. The standard InChI is InChI=1S/C12H22O3/c1-10(2)14-8-9-15-12(13)11-6-4-3-5-7-11/h10-11H,3-9H2,1-2H3. The number of hydrogen-bond acceptors (Lipinski definition) is 3. The van der Waals surface area contributed by atoms with Crippen LogP contribution in [0.4, 0.5) is 0 Å². The molecule has 0 saturated heterocycles. The number of carbonyl (C=O) groups excluding carboxylic acids is 1. The summed E-state index contributed by atoms with van der Waals surface area (Å²) in [5.41, 5.74) is 0. The summed E-state index contributed by atoms with van der Waals surface area (Å²) in [7, 11) is 0. The van der Waals surface area contributed by atoms with Crippen molar-refractivity contribution in [2.45, 2.75) is 52.1 Å². The molecule has 15 heavy (non-hydrogen) atoms. The third kappa shape index (κ3) is 5.17. The Kier molecular flexibility index (Phi) is 5.69. The van der Waals surface area contributed by atoms with E-state index in [9.17, 15) is 4.79 Å². The van der Waals surface area contributed by atoms with Crippen LogP contribution in [-0.2, 0) is 14.3 Å². The molecule has 0 aromatic rings. The third-order valence-electron chi connectivity index (χ3n) is 2.72. The Labute approximate surface area is 92.1 Å². The molecule has 1 aliphatic rings. The fraction of sp³-hybridized carbons (Fsp3) is 0.917. The van der Waals surface area contributed by atoms with Gasteiger partial charge in [-0.3, -0.25) is 4.79 Å². The molecule has 0 bridgehead atoms. The molecule has 88 valence electrons. The second kappa shape index (κ2) is 6.83. The van der Waals surface area contributed by atoms with E-state index >= 15 is 0 Å². The maximum Gasteiger partial charge on any atom is 0.309 e. The molecule has 0 aromatic carbocycles. The van der Waals surface area contributed by atoms with E-state index in [0.717, 1.165) is 12.8 Å². The van der Waals surface area contributed by atoms with Gasteiger partial charge in [0.15, 0.2) is 0 Å². The summed E-state index contributed by atoms with van der Waals surface area (Å²) >= 11 is 0. The van der Waals surface area contributed by atoms with Crippen molar-refractivity contribution in [1.29, 1.82) is 0 Å². The Morgan fingerprint density at radius 1 is 1.20 bits per heavy atom. The Hall–Kier alpha value is -0.570. The topological polar surface area (TPSA) is 35.5 Å². The molecule has 1 rings (SSSR count). The summed E-state index contributed by atoms with van der Waals surface area (Å²) in [6.45, 7) is 4.86. The SMILES string of the molecule is CC(C)OCCOC(=O)C1CCCCC1. The maximum atomic E-state index is 11.6. The molecule has 1 fully saturated rings. The van der Waals surface area contributed by atoms with Crippen molar-refractivity contribution in [2.75, 3.05) is 13.2 Å². The van der Waals surface area contributed by atoms with Crippen molar-refractivity contribution >= 4 is 5.97 Å². The molecule has 1 saturated carbocycles. The Bertz CT molecular complexity index is 183. The number of rotatable bonds is 5. The molecule has 0 amide bonds. The zero-order chi connectivity index (χ0) is 11.1. The van der Waals surface area contributed by atoms with Gasteiger partial charge in [0.25, 0.3) is 0 Å². The molecule has 1 aliphatic carbocycles. The van der Waals surface area contributed by atoms with E-state index in [-0.39, 0.29) is 18.0 Å². The second-order valence-electron chi connectivity index (χ2n) is 4.42. The lowest BCUT2D eigenvalue weighted by Crippen LogP contribution is -2.22. The van der Waals surface area contributed by atoms with Gasteiger partial charge in [-0.05, 0) is 26.7 Å². The average Bonchev–Trinajstić information content (AvgIpc) is 2.25. The van der Waals surface area contributed by atoms with E-state index in [1.165, 1.54) is 19.3 Å². The van der Waals surface area contributed by atoms with Crippen LogP contribution in [0.15, 0.2) is 0 Å². The van der Waals surface area contributed by atoms with Gasteiger partial charge in [0, 0.05) is 0 Å². The minimum Gasteiger partial charge on any atom is -0.463 e. The number of esters is 1. The number of hydrogen-bond donors (Lipinski definition) is 0. The predicted octanol–water partition coefficient (Wildman–Crippen LogP) is 2.53. The van der Waals surface area contributed by atoms with Gasteiger partial charge in [-0.1, -0.05) is 19.3 Å². The lowest BCUT2D eigenvalue weighted by Gasteiger charge is -2.20. The molecule has 0 N–H and O–H groups in total. The van der Waals surface area contributed by atoms with Crippen LogP contribution in [0.2, 0.25) is 0 Å². The molecule has 0 aromatic heterocycles. The zero-order valence-electron chi connectivity index (χ0n) is 9.83. The summed E-state index contributed by atoms with van der Waals surface area (Å²) in [6.07, 6.45) is 5.82. The first-order chi connectivity index (χ1) is 7.20. The Balaban J connectivity index is 2.07. The van der Waals surface area contributed by atoms with Crippen molar-refractivity contribution in [3.05, 3.63) is 0 Å². The fourth-order valence-corrected chi connectivity index (χ4v) is 1.88. The summed E-state index contributed by atoms with van der Waals surface area (Å²) in [4.78, 5) is 11.6. The Morgan fingerprint density at radius 2 is 1.87 bits per heavy atom. The van der Waals surface area contributed by atoms with E-state index in [1.54, 1.807) is 0 Å². The Morgan fingerprint density at radius 3 is 2.47 bits per heavy atom. The van der Waals surface area contributed by atoms with Crippen molar-refractivity contribution in [3.8, 4) is 0 Å². The van der Waals surface area contributed by atoms with Crippen LogP contribution in [0, 0.1) is 5.92 Å². The third-order valence-corrected chi connectivity index (χ3v) is 2.72. The molecule has 0 radical (unpaired) electrons. The van der Waals surface area contributed by atoms with Gasteiger partial charge in [-0.25, -0.2) is 0 Å². The highest BCUT2D eigenvalue weighted by molar-refractivity contribution is 5.72. The van der Waals surface area contributed by atoms with Gasteiger partial charge in [-0.2, -0.15) is 0 Å². The predicted molar refractivity (Wildman–Crippen MR) is 58.6 cm³/mol. The van der Waals surface area contributed by atoms with E-state index < -0.39 is 0 Å². The van der Waals surface area contributed by atoms with Gasteiger partial charge < -0.3 is 9.47 Å². The van der Waals surface area contributed by atoms with Crippen LogP contribution in [0.25, 0.3) is 0 Å². The number of carbonyl (C=O) groups is 1. The van der Waals surface area contributed by atoms with E-state index in [2.05, 4.69) is 0 Å². The first kappa shape index (κ1) is 12.5. The van der Waals surface area contributed by atoms with Crippen molar-refractivity contribution in [1.82, 2.24) is 0 Å². The minimum atomic E-state index is -0.0259. The maximum absolute atomic E-state index is 11.6. The normalized spacial score (nSPS) is 18.1. The smallest absolute Gasteiger partial charge is 0.309 e. The van der Waals surface area contributed by atoms with Crippen LogP contribution in [0.5, 0.6) is 0 Å². The first-order valence-electron chi connectivity index (χ1n) is 5.98. The van der Waals surface area contributed by atoms with Crippen molar-refractivity contribution in [2.24, 2.45) is 5.92 Å². The zero-order valence-corrected chi connectivity index (χ0v) is 9.83. The highest BCUT2D eigenvalue weighted by atomic mass is 16.6. The van der Waals surface area contributed by atoms with Crippen molar-refractivity contribution in [3.63, 3.8) is 0 Å². The quantitative estimate of drug-likeness (QED) is 0.521. The van der Waals surface area contributed by atoms with Gasteiger partial charge in [0.2, 0.25) is 0 Å². The van der Waals surface area contributed by atoms with Crippen LogP contribution >= 0.6 is 0 Å². The van der Waals surface area contributed by atoms with Crippen LogP contribution in [-0.4, -0.2) is 25.3 Å². The van der Waals surface area contributed by atoms with Crippen molar-refractivity contribution < 1.29 is 14.3 Å². The fourth-order valence-electron chi connectivity index (χ4n) is 1.88. The molecule has 3 nitrogen and oxygen atoms in total. The van der Waals surface area contributed by atoms with Gasteiger partial charge in [0.1, 0.15) is 6.61 Å². The highest BCUT2D eigenvalue weighted by Crippen LogP contribution is 2.24. The molecule has 0 spiro atoms. The summed E-state index contributed by atoms with van der Waals surface area (Å²) in [6, 6.07) is 0.